The molecule has 0 aliphatic carbocycles. The minimum Gasteiger partial charge on any atom is -0.496 e. The van der Waals surface area contributed by atoms with E-state index in [1.54, 1.807) is 14.2 Å². The van der Waals surface area contributed by atoms with Crippen LogP contribution in [0.3, 0.4) is 0 Å². The third kappa shape index (κ3) is 3.24. The van der Waals surface area contributed by atoms with Gasteiger partial charge in [-0.3, -0.25) is 5.32 Å². The molecule has 1 rings (SSSR count). The molecule has 102 valence electrons. The third-order valence-electron chi connectivity index (χ3n) is 3.50. The van der Waals surface area contributed by atoms with Gasteiger partial charge in [-0.1, -0.05) is 19.9 Å². The maximum atomic E-state index is 5.36. The van der Waals surface area contributed by atoms with Crippen LogP contribution >= 0.6 is 0 Å². The van der Waals surface area contributed by atoms with Crippen LogP contribution in [0.1, 0.15) is 30.5 Å². The van der Waals surface area contributed by atoms with E-state index in [0.717, 1.165) is 12.3 Å². The lowest BCUT2D eigenvalue weighted by Crippen LogP contribution is -2.34. The van der Waals surface area contributed by atoms with Crippen LogP contribution in [0.2, 0.25) is 0 Å². The number of nitrogens with one attached hydrogen (secondary N) is 1. The fraction of sp³-hybridized carbons (Fsp3) is 0.600. The summed E-state index contributed by atoms with van der Waals surface area (Å²) >= 11 is 0. The number of ether oxygens (including phenoxy) is 2. The molecule has 1 aromatic rings. The van der Waals surface area contributed by atoms with Crippen molar-refractivity contribution in [3.63, 3.8) is 0 Å². The predicted molar refractivity (Wildman–Crippen MR) is 75.4 cm³/mol. The second-order valence-electron chi connectivity index (χ2n) is 5.31. The molecule has 1 N–H and O–H groups in total. The normalized spacial score (nSPS) is 11.7. The second-order valence-corrected chi connectivity index (χ2v) is 5.31. The van der Waals surface area contributed by atoms with Gasteiger partial charge in [-0.15, -0.1) is 0 Å². The largest absolute Gasteiger partial charge is 0.496 e. The molecule has 1 aromatic carbocycles. The molecule has 0 radical (unpaired) electrons. The molecule has 0 saturated carbocycles. The van der Waals surface area contributed by atoms with Crippen LogP contribution in [-0.2, 0) is 10.2 Å². The van der Waals surface area contributed by atoms with E-state index in [1.165, 1.54) is 16.7 Å². The van der Waals surface area contributed by atoms with E-state index in [9.17, 15) is 0 Å². The average molecular weight is 251 g/mol. The molecule has 3 heteroatoms. The highest BCUT2D eigenvalue weighted by atomic mass is 16.5. The fourth-order valence-electron chi connectivity index (χ4n) is 2.31. The summed E-state index contributed by atoms with van der Waals surface area (Å²) in [5.74, 6) is 0.955. The Bertz CT molecular complexity index is 400. The monoisotopic (exact) mass is 251 g/mol. The average Bonchev–Trinajstić information content (AvgIpc) is 2.32. The van der Waals surface area contributed by atoms with Gasteiger partial charge < -0.3 is 9.47 Å². The molecule has 0 saturated heterocycles. The quantitative estimate of drug-likeness (QED) is 0.623. The van der Waals surface area contributed by atoms with Crippen LogP contribution in [0, 0.1) is 13.8 Å². The molecule has 0 unspecified atom stereocenters. The van der Waals surface area contributed by atoms with Gasteiger partial charge >= 0.3 is 0 Å². The molecule has 0 atom stereocenters. The van der Waals surface area contributed by atoms with Crippen molar-refractivity contribution in [2.24, 2.45) is 0 Å². The van der Waals surface area contributed by atoms with Crippen molar-refractivity contribution < 1.29 is 9.47 Å². The van der Waals surface area contributed by atoms with E-state index in [4.69, 9.17) is 9.47 Å². The first kappa shape index (κ1) is 15.0. The van der Waals surface area contributed by atoms with Crippen molar-refractivity contribution in [2.45, 2.75) is 33.1 Å². The Morgan fingerprint density at radius 3 is 2.33 bits per heavy atom. The van der Waals surface area contributed by atoms with E-state index in [1.807, 2.05) is 0 Å². The summed E-state index contributed by atoms with van der Waals surface area (Å²) in [5.41, 5.74) is 3.94. The van der Waals surface area contributed by atoms with Crippen LogP contribution in [0.15, 0.2) is 12.1 Å². The molecule has 0 spiro atoms. The summed E-state index contributed by atoms with van der Waals surface area (Å²) in [6.45, 7) is 10.2. The highest BCUT2D eigenvalue weighted by Crippen LogP contribution is 2.31. The zero-order chi connectivity index (χ0) is 13.8. The third-order valence-corrected chi connectivity index (χ3v) is 3.50. The van der Waals surface area contributed by atoms with Crippen LogP contribution in [0.5, 0.6) is 5.75 Å². The topological polar surface area (TPSA) is 30.5 Å². The van der Waals surface area contributed by atoms with Gasteiger partial charge in [0.2, 0.25) is 0 Å². The van der Waals surface area contributed by atoms with Crippen molar-refractivity contribution in [3.8, 4) is 5.75 Å². The van der Waals surface area contributed by atoms with E-state index in [0.29, 0.717) is 6.73 Å². The Labute approximate surface area is 110 Å². The van der Waals surface area contributed by atoms with Crippen LogP contribution in [-0.4, -0.2) is 27.5 Å². The summed E-state index contributed by atoms with van der Waals surface area (Å²) in [6.07, 6.45) is 0. The summed E-state index contributed by atoms with van der Waals surface area (Å²) in [4.78, 5) is 0. The first-order valence-corrected chi connectivity index (χ1v) is 6.28. The SMILES string of the molecule is COCNCC(C)(C)c1ccc(OC)c(C)c1C. The van der Waals surface area contributed by atoms with Gasteiger partial charge in [0.05, 0.1) is 13.8 Å². The Morgan fingerprint density at radius 1 is 1.11 bits per heavy atom. The van der Waals surface area contributed by atoms with Gasteiger partial charge in [-0.05, 0) is 36.6 Å². The maximum Gasteiger partial charge on any atom is 0.122 e. The fourth-order valence-corrected chi connectivity index (χ4v) is 2.31. The summed E-state index contributed by atoms with van der Waals surface area (Å²) in [6, 6.07) is 4.21. The van der Waals surface area contributed by atoms with E-state index in [2.05, 4.69) is 45.1 Å². The minimum absolute atomic E-state index is 0.0691. The first-order chi connectivity index (χ1) is 8.44. The molecule has 0 fully saturated rings. The van der Waals surface area contributed by atoms with Gasteiger partial charge in [0.15, 0.2) is 0 Å². The van der Waals surface area contributed by atoms with Gasteiger partial charge in [0.25, 0.3) is 0 Å². The summed E-state index contributed by atoms with van der Waals surface area (Å²) < 4.78 is 10.4. The number of hydrogen-bond donors (Lipinski definition) is 1. The smallest absolute Gasteiger partial charge is 0.122 e. The highest BCUT2D eigenvalue weighted by molar-refractivity contribution is 5.46. The van der Waals surface area contributed by atoms with Crippen LogP contribution in [0.25, 0.3) is 0 Å². The minimum atomic E-state index is 0.0691. The van der Waals surface area contributed by atoms with Crippen LogP contribution in [0.4, 0.5) is 0 Å². The van der Waals surface area contributed by atoms with Crippen molar-refractivity contribution in [1.29, 1.82) is 0 Å². The summed E-state index contributed by atoms with van der Waals surface area (Å²) in [5, 5.41) is 3.30. The Hall–Kier alpha value is -1.06. The number of hydrogen-bond acceptors (Lipinski definition) is 3. The Balaban J connectivity index is 2.98. The van der Waals surface area contributed by atoms with Gasteiger partial charge in [0, 0.05) is 19.1 Å². The van der Waals surface area contributed by atoms with Gasteiger partial charge in [0.1, 0.15) is 5.75 Å². The molecule has 3 nitrogen and oxygen atoms in total. The highest BCUT2D eigenvalue weighted by Gasteiger charge is 2.23. The molecule has 0 bridgehead atoms. The number of methoxy groups -OCH3 is 2. The van der Waals surface area contributed by atoms with Crippen molar-refractivity contribution >= 4 is 0 Å². The first-order valence-electron chi connectivity index (χ1n) is 6.28. The lowest BCUT2D eigenvalue weighted by atomic mass is 9.80. The zero-order valence-electron chi connectivity index (χ0n) is 12.4. The lowest BCUT2D eigenvalue weighted by molar-refractivity contribution is 0.169. The standard InChI is InChI=1S/C15H25NO2/c1-11-12(2)14(18-6)8-7-13(11)15(3,4)9-16-10-17-5/h7-8,16H,9-10H2,1-6H3. The van der Waals surface area contributed by atoms with E-state index in [-0.39, 0.29) is 5.41 Å². The van der Waals surface area contributed by atoms with E-state index < -0.39 is 0 Å². The Kier molecular flexibility index (Phi) is 5.17. The van der Waals surface area contributed by atoms with Gasteiger partial charge in [-0.25, -0.2) is 0 Å². The van der Waals surface area contributed by atoms with Gasteiger partial charge in [-0.2, -0.15) is 0 Å². The van der Waals surface area contributed by atoms with Crippen molar-refractivity contribution in [1.82, 2.24) is 5.32 Å². The summed E-state index contributed by atoms with van der Waals surface area (Å²) in [7, 11) is 3.41. The molecular formula is C15H25NO2. The molecule has 0 aliphatic rings. The molecule has 0 aliphatic heterocycles. The molecule has 18 heavy (non-hydrogen) atoms. The molecule has 0 aromatic heterocycles. The zero-order valence-corrected chi connectivity index (χ0v) is 12.4. The second kappa shape index (κ2) is 6.21. The lowest BCUT2D eigenvalue weighted by Gasteiger charge is -2.28. The molecule has 0 heterocycles. The number of benzene rings is 1. The molecular weight excluding hydrogens is 226 g/mol. The number of rotatable bonds is 6. The van der Waals surface area contributed by atoms with Crippen molar-refractivity contribution in [2.75, 3.05) is 27.5 Å². The van der Waals surface area contributed by atoms with Crippen molar-refractivity contribution in [3.05, 3.63) is 28.8 Å². The molecule has 0 amide bonds. The van der Waals surface area contributed by atoms with E-state index >= 15 is 0 Å². The Morgan fingerprint density at radius 2 is 1.78 bits per heavy atom. The predicted octanol–water partition coefficient (Wildman–Crippen LogP) is 2.78. The van der Waals surface area contributed by atoms with Crippen LogP contribution < -0.4 is 10.1 Å². The maximum absolute atomic E-state index is 5.36.